The molecular formula is C16H20N2O5. The van der Waals surface area contributed by atoms with Gasteiger partial charge in [-0.2, -0.15) is 0 Å². The maximum Gasteiger partial charge on any atom is 0.329 e. The molecule has 124 valence electrons. The second-order valence-electron chi connectivity index (χ2n) is 6.34. The summed E-state index contributed by atoms with van der Waals surface area (Å²) in [4.78, 5) is 34.4. The molecule has 7 nitrogen and oxygen atoms in total. The molecule has 0 spiro atoms. The molecule has 1 aromatic carbocycles. The molecule has 2 N–H and O–H groups in total. The number of carboxylic acid groups (broad SMARTS) is 1. The maximum absolute atomic E-state index is 12.4. The van der Waals surface area contributed by atoms with Crippen molar-refractivity contribution in [2.45, 2.75) is 45.1 Å². The predicted octanol–water partition coefficient (Wildman–Crippen LogP) is 2.67. The molecule has 0 saturated heterocycles. The van der Waals surface area contributed by atoms with Crippen LogP contribution in [-0.2, 0) is 4.79 Å². The first-order chi connectivity index (χ1) is 10.7. The van der Waals surface area contributed by atoms with E-state index in [9.17, 15) is 24.8 Å². The van der Waals surface area contributed by atoms with Crippen LogP contribution >= 0.6 is 0 Å². The summed E-state index contributed by atoms with van der Waals surface area (Å²) < 4.78 is 0. The molecule has 7 heteroatoms. The van der Waals surface area contributed by atoms with Gasteiger partial charge in [-0.25, -0.2) is 4.79 Å². The van der Waals surface area contributed by atoms with Crippen LogP contribution in [0, 0.1) is 23.0 Å². The molecule has 1 amide bonds. The lowest BCUT2D eigenvalue weighted by molar-refractivity contribution is -0.384. The zero-order valence-corrected chi connectivity index (χ0v) is 13.2. The van der Waals surface area contributed by atoms with Crippen LogP contribution in [0.15, 0.2) is 18.2 Å². The third-order valence-electron chi connectivity index (χ3n) is 4.43. The Morgan fingerprint density at radius 1 is 1.30 bits per heavy atom. The molecule has 0 aliphatic heterocycles. The number of rotatable bonds is 4. The largest absolute Gasteiger partial charge is 0.480 e. The first-order valence-electron chi connectivity index (χ1n) is 7.55. The van der Waals surface area contributed by atoms with Gasteiger partial charge < -0.3 is 10.4 Å². The minimum atomic E-state index is -1.29. The molecule has 23 heavy (non-hydrogen) atoms. The highest BCUT2D eigenvalue weighted by Crippen LogP contribution is 2.32. The number of aryl methyl sites for hydroxylation is 1. The fourth-order valence-corrected chi connectivity index (χ4v) is 2.94. The van der Waals surface area contributed by atoms with E-state index in [0.717, 1.165) is 12.8 Å². The number of nitrogens with one attached hydrogen (secondary N) is 1. The molecule has 1 saturated carbocycles. The van der Waals surface area contributed by atoms with Crippen molar-refractivity contribution in [1.29, 1.82) is 0 Å². The predicted molar refractivity (Wildman–Crippen MR) is 83.3 cm³/mol. The van der Waals surface area contributed by atoms with Gasteiger partial charge in [0.2, 0.25) is 0 Å². The van der Waals surface area contributed by atoms with Crippen LogP contribution in [0.1, 0.15) is 48.5 Å². The van der Waals surface area contributed by atoms with Crippen molar-refractivity contribution in [3.8, 4) is 0 Å². The van der Waals surface area contributed by atoms with Crippen molar-refractivity contribution in [2.75, 3.05) is 0 Å². The van der Waals surface area contributed by atoms with Crippen LogP contribution in [0.3, 0.4) is 0 Å². The summed E-state index contributed by atoms with van der Waals surface area (Å²) in [6.45, 7) is 3.70. The van der Waals surface area contributed by atoms with Gasteiger partial charge >= 0.3 is 5.97 Å². The van der Waals surface area contributed by atoms with Gasteiger partial charge in [-0.05, 0) is 50.2 Å². The van der Waals surface area contributed by atoms with Gasteiger partial charge in [-0.3, -0.25) is 14.9 Å². The Bertz CT molecular complexity index is 648. The van der Waals surface area contributed by atoms with Crippen LogP contribution in [0.2, 0.25) is 0 Å². The highest BCUT2D eigenvalue weighted by atomic mass is 16.6. The first-order valence-corrected chi connectivity index (χ1v) is 7.55. The lowest BCUT2D eigenvalue weighted by Crippen LogP contribution is -2.56. The number of hydrogen-bond acceptors (Lipinski definition) is 4. The molecular weight excluding hydrogens is 300 g/mol. The molecule has 0 aromatic heterocycles. The number of amides is 1. The van der Waals surface area contributed by atoms with E-state index in [-0.39, 0.29) is 11.3 Å². The molecule has 0 unspecified atom stereocenters. The summed E-state index contributed by atoms with van der Waals surface area (Å²) in [7, 11) is 0. The van der Waals surface area contributed by atoms with E-state index in [1.807, 2.05) is 0 Å². The number of nitrogens with zero attached hydrogens (tertiary/aromatic N) is 1. The number of hydrogen-bond donors (Lipinski definition) is 2. The van der Waals surface area contributed by atoms with Crippen LogP contribution in [0.25, 0.3) is 0 Å². The summed E-state index contributed by atoms with van der Waals surface area (Å²) in [5.74, 6) is -1.21. The zero-order valence-electron chi connectivity index (χ0n) is 13.2. The molecule has 1 aromatic rings. The second-order valence-corrected chi connectivity index (χ2v) is 6.34. The van der Waals surface area contributed by atoms with Gasteiger partial charge in [0.05, 0.1) is 4.92 Å². The number of carbonyl (C=O) groups excluding carboxylic acids is 1. The van der Waals surface area contributed by atoms with Crippen molar-refractivity contribution in [3.63, 3.8) is 0 Å². The van der Waals surface area contributed by atoms with E-state index in [1.54, 1.807) is 6.92 Å². The van der Waals surface area contributed by atoms with Crippen molar-refractivity contribution in [2.24, 2.45) is 5.92 Å². The van der Waals surface area contributed by atoms with Crippen molar-refractivity contribution < 1.29 is 19.6 Å². The van der Waals surface area contributed by atoms with Crippen molar-refractivity contribution in [3.05, 3.63) is 39.4 Å². The minimum absolute atomic E-state index is 0.107. The van der Waals surface area contributed by atoms with E-state index in [2.05, 4.69) is 12.2 Å². The highest BCUT2D eigenvalue weighted by Gasteiger charge is 2.42. The lowest BCUT2D eigenvalue weighted by Gasteiger charge is -2.36. The number of non-ortho nitro benzene ring substituents is 1. The maximum atomic E-state index is 12.4. The third-order valence-corrected chi connectivity index (χ3v) is 4.43. The Labute approximate surface area is 133 Å². The Balaban J connectivity index is 2.26. The molecule has 2 rings (SSSR count). The summed E-state index contributed by atoms with van der Waals surface area (Å²) >= 11 is 0. The van der Waals surface area contributed by atoms with E-state index in [4.69, 9.17) is 0 Å². The minimum Gasteiger partial charge on any atom is -0.480 e. The van der Waals surface area contributed by atoms with E-state index in [0.29, 0.717) is 24.3 Å². The SMILES string of the molecule is Cc1cc(C(=O)NC2(C(=O)O)CCC(C)CC2)cc([N+](=O)[O-])c1. The van der Waals surface area contributed by atoms with Crippen LogP contribution in [0.4, 0.5) is 5.69 Å². The number of carboxylic acids is 1. The number of nitro benzene ring substituents is 1. The van der Waals surface area contributed by atoms with Gasteiger partial charge in [-0.15, -0.1) is 0 Å². The van der Waals surface area contributed by atoms with E-state index >= 15 is 0 Å². The summed E-state index contributed by atoms with van der Waals surface area (Å²) in [5, 5.41) is 23.1. The normalized spacial score (nSPS) is 24.0. The third kappa shape index (κ3) is 3.67. The summed E-state index contributed by atoms with van der Waals surface area (Å²) in [5.41, 5.74) is -0.791. The fourth-order valence-electron chi connectivity index (χ4n) is 2.94. The van der Waals surface area contributed by atoms with Gasteiger partial charge in [0.1, 0.15) is 5.54 Å². The lowest BCUT2D eigenvalue weighted by atomic mass is 9.77. The Morgan fingerprint density at radius 2 is 1.91 bits per heavy atom. The Kier molecular flexibility index (Phi) is 4.68. The standard InChI is InChI=1S/C16H20N2O5/c1-10-3-5-16(6-4-10,15(20)21)17-14(19)12-7-11(2)8-13(9-12)18(22)23/h7-10H,3-6H2,1-2H3,(H,17,19)(H,20,21). The second kappa shape index (κ2) is 6.36. The topological polar surface area (TPSA) is 110 Å². The highest BCUT2D eigenvalue weighted by molar-refractivity contribution is 5.98. The van der Waals surface area contributed by atoms with Gasteiger partial charge in [0.25, 0.3) is 11.6 Å². The van der Waals surface area contributed by atoms with Crippen LogP contribution in [-0.4, -0.2) is 27.4 Å². The van der Waals surface area contributed by atoms with Gasteiger partial charge in [-0.1, -0.05) is 6.92 Å². The molecule has 0 bridgehead atoms. The molecule has 1 fully saturated rings. The number of benzene rings is 1. The average molecular weight is 320 g/mol. The van der Waals surface area contributed by atoms with Crippen LogP contribution < -0.4 is 5.32 Å². The van der Waals surface area contributed by atoms with E-state index in [1.165, 1.54) is 18.2 Å². The summed E-state index contributed by atoms with van der Waals surface area (Å²) in [6.07, 6.45) is 2.17. The average Bonchev–Trinajstić information content (AvgIpc) is 2.48. The van der Waals surface area contributed by atoms with Crippen molar-refractivity contribution >= 4 is 17.6 Å². The Hall–Kier alpha value is -2.44. The smallest absolute Gasteiger partial charge is 0.329 e. The first kappa shape index (κ1) is 16.9. The van der Waals surface area contributed by atoms with Gasteiger partial charge in [0, 0.05) is 17.7 Å². The van der Waals surface area contributed by atoms with Gasteiger partial charge in [0.15, 0.2) is 0 Å². The zero-order chi connectivity index (χ0) is 17.2. The molecule has 0 heterocycles. The number of carbonyl (C=O) groups is 2. The molecule has 1 aliphatic rings. The van der Waals surface area contributed by atoms with Crippen LogP contribution in [0.5, 0.6) is 0 Å². The number of nitro groups is 1. The monoisotopic (exact) mass is 320 g/mol. The number of aliphatic carboxylic acids is 1. The molecule has 1 aliphatic carbocycles. The Morgan fingerprint density at radius 3 is 2.43 bits per heavy atom. The molecule has 0 atom stereocenters. The fraction of sp³-hybridized carbons (Fsp3) is 0.500. The molecule has 0 radical (unpaired) electrons. The van der Waals surface area contributed by atoms with Crippen molar-refractivity contribution in [1.82, 2.24) is 5.32 Å². The van der Waals surface area contributed by atoms with E-state index < -0.39 is 22.3 Å². The quantitative estimate of drug-likeness (QED) is 0.654. The summed E-state index contributed by atoms with van der Waals surface area (Å²) in [6, 6.07) is 4.05.